The fraction of sp³-hybridized carbons (Fsp3) is 0.292. The van der Waals surface area contributed by atoms with Crippen molar-refractivity contribution in [3.8, 4) is 11.5 Å². The molecule has 0 aliphatic carbocycles. The summed E-state index contributed by atoms with van der Waals surface area (Å²) in [6.07, 6.45) is 1.84. The summed E-state index contributed by atoms with van der Waals surface area (Å²) in [5, 5.41) is 12.5. The maximum absolute atomic E-state index is 12.9. The lowest BCUT2D eigenvalue weighted by Crippen LogP contribution is -2.23. The highest BCUT2D eigenvalue weighted by Gasteiger charge is 2.17. The fourth-order valence-electron chi connectivity index (χ4n) is 3.47. The summed E-state index contributed by atoms with van der Waals surface area (Å²) in [6.45, 7) is 9.32. The number of ether oxygens (including phenoxy) is 2. The lowest BCUT2D eigenvalue weighted by Gasteiger charge is -2.12. The third kappa shape index (κ3) is 4.80. The molecule has 166 valence electrons. The second kappa shape index (κ2) is 9.91. The molecule has 1 amide bonds. The molecule has 1 aromatic heterocycles. The number of hydrogen-bond donors (Lipinski definition) is 1. The van der Waals surface area contributed by atoms with Crippen molar-refractivity contribution in [1.82, 2.24) is 20.1 Å². The van der Waals surface area contributed by atoms with Crippen LogP contribution in [-0.2, 0) is 18.8 Å². The molecule has 0 bridgehead atoms. The first-order chi connectivity index (χ1) is 15.6. The van der Waals surface area contributed by atoms with E-state index < -0.39 is 0 Å². The predicted molar refractivity (Wildman–Crippen MR) is 124 cm³/mol. The van der Waals surface area contributed by atoms with Gasteiger partial charge in [-0.15, -0.1) is 16.8 Å². The Morgan fingerprint density at radius 3 is 2.84 bits per heavy atom. The molecule has 1 aliphatic heterocycles. The summed E-state index contributed by atoms with van der Waals surface area (Å²) in [4.78, 5) is 12.9. The van der Waals surface area contributed by atoms with Gasteiger partial charge in [-0.1, -0.05) is 56.0 Å². The lowest BCUT2D eigenvalue weighted by atomic mass is 10.1. The molecule has 0 radical (unpaired) electrons. The van der Waals surface area contributed by atoms with E-state index in [4.69, 9.17) is 9.47 Å². The van der Waals surface area contributed by atoms with Crippen LogP contribution in [0.3, 0.4) is 0 Å². The Balaban J connectivity index is 1.44. The first-order valence-corrected chi connectivity index (χ1v) is 11.5. The number of carbonyl (C=O) groups is 1. The molecule has 0 atom stereocenters. The summed E-state index contributed by atoms with van der Waals surface area (Å²) in [7, 11) is 0. The van der Waals surface area contributed by atoms with Crippen molar-refractivity contribution >= 4 is 17.7 Å². The van der Waals surface area contributed by atoms with E-state index in [0.29, 0.717) is 30.2 Å². The summed E-state index contributed by atoms with van der Waals surface area (Å²) in [5.41, 5.74) is 2.55. The molecule has 3 aromatic rings. The van der Waals surface area contributed by atoms with Crippen LogP contribution in [0.15, 0.2) is 60.3 Å². The van der Waals surface area contributed by atoms with E-state index in [1.807, 2.05) is 48.5 Å². The van der Waals surface area contributed by atoms with Gasteiger partial charge >= 0.3 is 0 Å². The van der Waals surface area contributed by atoms with E-state index >= 15 is 0 Å². The van der Waals surface area contributed by atoms with Crippen LogP contribution in [-0.4, -0.2) is 27.5 Å². The number of nitrogens with one attached hydrogen (secondary N) is 1. The molecule has 2 aromatic carbocycles. The molecule has 4 rings (SSSR count). The van der Waals surface area contributed by atoms with Crippen molar-refractivity contribution in [1.29, 1.82) is 0 Å². The van der Waals surface area contributed by atoms with Crippen LogP contribution < -0.4 is 14.8 Å². The maximum Gasteiger partial charge on any atom is 0.251 e. The number of fused-ring (bicyclic) bond motifs is 1. The topological polar surface area (TPSA) is 78.3 Å². The summed E-state index contributed by atoms with van der Waals surface area (Å²) >= 11 is 1.57. The zero-order valence-corrected chi connectivity index (χ0v) is 19.0. The lowest BCUT2D eigenvalue weighted by molar-refractivity contribution is 0.0950. The molecule has 0 saturated carbocycles. The minimum atomic E-state index is -0.116. The molecule has 0 saturated heterocycles. The van der Waals surface area contributed by atoms with Crippen LogP contribution in [0, 0.1) is 0 Å². The van der Waals surface area contributed by atoms with E-state index in [1.54, 1.807) is 11.8 Å². The van der Waals surface area contributed by atoms with Gasteiger partial charge in [0.2, 0.25) is 6.79 Å². The number of hydrogen-bond acceptors (Lipinski definition) is 6. The summed E-state index contributed by atoms with van der Waals surface area (Å²) in [5.74, 6) is 3.13. The highest BCUT2D eigenvalue weighted by atomic mass is 32.2. The molecule has 32 heavy (non-hydrogen) atoms. The summed E-state index contributed by atoms with van der Waals surface area (Å²) in [6, 6.07) is 13.3. The Morgan fingerprint density at radius 1 is 1.22 bits per heavy atom. The Hall–Kier alpha value is -3.26. The Bertz CT molecular complexity index is 1130. The van der Waals surface area contributed by atoms with Gasteiger partial charge < -0.3 is 19.4 Å². The van der Waals surface area contributed by atoms with Gasteiger partial charge in [-0.2, -0.15) is 0 Å². The number of aromatic nitrogens is 3. The normalized spacial score (nSPS) is 12.2. The van der Waals surface area contributed by atoms with Gasteiger partial charge in [0.1, 0.15) is 5.82 Å². The molecule has 2 heterocycles. The number of amides is 1. The average Bonchev–Trinajstić information content (AvgIpc) is 3.43. The summed E-state index contributed by atoms with van der Waals surface area (Å²) < 4.78 is 12.8. The van der Waals surface area contributed by atoms with Crippen molar-refractivity contribution < 1.29 is 14.3 Å². The van der Waals surface area contributed by atoms with Crippen molar-refractivity contribution in [2.45, 2.75) is 43.8 Å². The van der Waals surface area contributed by atoms with Crippen LogP contribution in [0.1, 0.15) is 47.1 Å². The number of benzene rings is 2. The van der Waals surface area contributed by atoms with Crippen LogP contribution in [0.5, 0.6) is 11.5 Å². The molecular weight excluding hydrogens is 424 g/mol. The van der Waals surface area contributed by atoms with E-state index in [-0.39, 0.29) is 18.6 Å². The monoisotopic (exact) mass is 450 g/mol. The number of nitrogens with zero attached hydrogens (tertiary/aromatic N) is 3. The molecule has 8 heteroatoms. The Labute approximate surface area is 191 Å². The van der Waals surface area contributed by atoms with E-state index in [1.165, 1.54) is 0 Å². The smallest absolute Gasteiger partial charge is 0.251 e. The largest absolute Gasteiger partial charge is 0.454 e. The molecule has 0 unspecified atom stereocenters. The van der Waals surface area contributed by atoms with Gasteiger partial charge in [-0.05, 0) is 29.3 Å². The van der Waals surface area contributed by atoms with Gasteiger partial charge in [-0.3, -0.25) is 4.79 Å². The Kier molecular flexibility index (Phi) is 6.80. The minimum absolute atomic E-state index is 0.116. The second-order valence-electron chi connectivity index (χ2n) is 7.71. The van der Waals surface area contributed by atoms with E-state index in [9.17, 15) is 4.79 Å². The molecule has 0 fully saturated rings. The number of rotatable bonds is 9. The third-order valence-corrected chi connectivity index (χ3v) is 6.10. The zero-order chi connectivity index (χ0) is 22.5. The van der Waals surface area contributed by atoms with Gasteiger partial charge in [0.25, 0.3) is 5.91 Å². The first kappa shape index (κ1) is 22.0. The van der Waals surface area contributed by atoms with E-state index in [2.05, 4.69) is 40.5 Å². The van der Waals surface area contributed by atoms with Crippen LogP contribution >= 0.6 is 11.8 Å². The highest BCUT2D eigenvalue weighted by Crippen LogP contribution is 2.32. The predicted octanol–water partition coefficient (Wildman–Crippen LogP) is 4.54. The van der Waals surface area contributed by atoms with Gasteiger partial charge in [0.15, 0.2) is 16.7 Å². The number of thioether (sulfide) groups is 1. The van der Waals surface area contributed by atoms with E-state index in [0.717, 1.165) is 27.9 Å². The van der Waals surface area contributed by atoms with Crippen LogP contribution in [0.25, 0.3) is 0 Å². The standard InChI is InChI=1S/C24H26N4O3S/c1-4-11-28-22(16(2)3)26-27-24(28)32-14-18-7-5-6-8-19(18)23(29)25-13-17-9-10-20-21(12-17)31-15-30-20/h4-10,12,16H,1,11,13-15H2,2-3H3,(H,25,29). The number of carbonyl (C=O) groups excluding carboxylic acids is 1. The van der Waals surface area contributed by atoms with Crippen molar-refractivity contribution in [2.24, 2.45) is 0 Å². The molecule has 1 aliphatic rings. The zero-order valence-electron chi connectivity index (χ0n) is 18.2. The van der Waals surface area contributed by atoms with Crippen LogP contribution in [0.4, 0.5) is 0 Å². The van der Waals surface area contributed by atoms with Gasteiger partial charge in [0, 0.05) is 30.3 Å². The highest BCUT2D eigenvalue weighted by molar-refractivity contribution is 7.98. The maximum atomic E-state index is 12.9. The quantitative estimate of drug-likeness (QED) is 0.381. The van der Waals surface area contributed by atoms with Gasteiger partial charge in [0.05, 0.1) is 0 Å². The first-order valence-electron chi connectivity index (χ1n) is 10.5. The molecule has 1 N–H and O–H groups in total. The Morgan fingerprint density at radius 2 is 2.03 bits per heavy atom. The van der Waals surface area contributed by atoms with Crippen molar-refractivity contribution in [3.05, 3.63) is 77.6 Å². The molecule has 0 spiro atoms. The molecular formula is C24H26N4O3S. The second-order valence-corrected chi connectivity index (χ2v) is 8.65. The molecule has 7 nitrogen and oxygen atoms in total. The van der Waals surface area contributed by atoms with Crippen molar-refractivity contribution in [3.63, 3.8) is 0 Å². The average molecular weight is 451 g/mol. The minimum Gasteiger partial charge on any atom is -0.454 e. The van der Waals surface area contributed by atoms with Crippen LogP contribution in [0.2, 0.25) is 0 Å². The SMILES string of the molecule is C=CCn1c(SCc2ccccc2C(=O)NCc2ccc3c(c2)OCO3)nnc1C(C)C. The number of allylic oxidation sites excluding steroid dienone is 1. The third-order valence-electron chi connectivity index (χ3n) is 5.08. The fourth-order valence-corrected chi connectivity index (χ4v) is 4.43. The van der Waals surface area contributed by atoms with Gasteiger partial charge in [-0.25, -0.2) is 0 Å². The van der Waals surface area contributed by atoms with Crippen molar-refractivity contribution in [2.75, 3.05) is 6.79 Å².